The van der Waals surface area contributed by atoms with Crippen LogP contribution >= 0.6 is 23.7 Å². The number of carbonyl (C=O) groups is 2. The summed E-state index contributed by atoms with van der Waals surface area (Å²) in [5.74, 6) is -0.00466. The van der Waals surface area contributed by atoms with Crippen LogP contribution < -0.4 is 11.1 Å². The molecule has 1 aromatic rings. The molecule has 1 saturated carbocycles. The molecule has 3 N–H and O–H groups in total. The first kappa shape index (κ1) is 23.1. The van der Waals surface area contributed by atoms with Gasteiger partial charge in [-0.1, -0.05) is 13.8 Å². The maximum absolute atomic E-state index is 13.1. The van der Waals surface area contributed by atoms with Gasteiger partial charge in [0.1, 0.15) is 5.54 Å². The first-order valence-electron chi connectivity index (χ1n) is 9.76. The third kappa shape index (κ3) is 4.08. The number of hydrogen-bond acceptors (Lipinski definition) is 5. The van der Waals surface area contributed by atoms with Crippen molar-refractivity contribution < 1.29 is 14.3 Å². The molecular formula is C20H32ClN3O3S. The number of nitrogens with zero attached hydrogens (tertiary/aromatic N) is 1. The van der Waals surface area contributed by atoms with Gasteiger partial charge >= 0.3 is 0 Å². The highest BCUT2D eigenvalue weighted by Gasteiger charge is 2.63. The van der Waals surface area contributed by atoms with Gasteiger partial charge in [0.05, 0.1) is 11.0 Å². The van der Waals surface area contributed by atoms with Gasteiger partial charge in [0, 0.05) is 42.5 Å². The minimum atomic E-state index is -0.864. The van der Waals surface area contributed by atoms with Crippen LogP contribution in [0.1, 0.15) is 54.6 Å². The average Bonchev–Trinajstić information content (AvgIpc) is 3.08. The minimum absolute atomic E-state index is 0. The molecule has 6 nitrogen and oxygen atoms in total. The van der Waals surface area contributed by atoms with E-state index in [2.05, 4.69) is 5.32 Å². The van der Waals surface area contributed by atoms with Gasteiger partial charge in [0.15, 0.2) is 0 Å². The van der Waals surface area contributed by atoms with E-state index in [4.69, 9.17) is 10.5 Å². The number of thiophene rings is 1. The summed E-state index contributed by atoms with van der Waals surface area (Å²) in [6.45, 7) is 9.88. The highest BCUT2D eigenvalue weighted by Crippen LogP contribution is 2.50. The molecule has 1 aliphatic heterocycles. The first-order valence-corrected chi connectivity index (χ1v) is 10.6. The molecule has 1 aromatic heterocycles. The zero-order valence-electron chi connectivity index (χ0n) is 17.1. The highest BCUT2D eigenvalue weighted by molar-refractivity contribution is 7.13. The molecule has 2 aliphatic rings. The number of aryl methyl sites for hydroxylation is 1. The van der Waals surface area contributed by atoms with Crippen molar-refractivity contribution in [2.45, 2.75) is 64.6 Å². The molecule has 2 amide bonds. The van der Waals surface area contributed by atoms with Gasteiger partial charge in [0.25, 0.3) is 5.91 Å². The number of nitrogens with two attached hydrogens (primary N) is 1. The lowest BCUT2D eigenvalue weighted by atomic mass is 9.54. The summed E-state index contributed by atoms with van der Waals surface area (Å²) in [6.07, 6.45) is 2.11. The summed E-state index contributed by atoms with van der Waals surface area (Å²) in [7, 11) is 0. The van der Waals surface area contributed by atoms with E-state index in [0.717, 1.165) is 22.6 Å². The standard InChI is InChI=1S/C20H31N3O3S.ClH/c1-5-26-16-12-20(21,19(16,3)4)18(25)23-10-8-14(9-11-23)22-17(24)15-7-6-13(2)27-15;/h6-7,14,16H,5,8-12,21H2,1-4H3,(H,22,24);1H. The van der Waals surface area contributed by atoms with E-state index in [1.54, 1.807) is 0 Å². The second kappa shape index (κ2) is 8.69. The van der Waals surface area contributed by atoms with Crippen molar-refractivity contribution in [3.05, 3.63) is 21.9 Å². The predicted octanol–water partition coefficient (Wildman–Crippen LogP) is 2.73. The number of carbonyl (C=O) groups excluding carboxylic acids is 2. The fourth-order valence-corrected chi connectivity index (χ4v) is 4.89. The van der Waals surface area contributed by atoms with Crippen LogP contribution in [0.25, 0.3) is 0 Å². The number of amides is 2. The average molecular weight is 430 g/mol. The van der Waals surface area contributed by atoms with Crippen LogP contribution in [0.15, 0.2) is 12.1 Å². The van der Waals surface area contributed by atoms with Gasteiger partial charge in [-0.3, -0.25) is 9.59 Å². The van der Waals surface area contributed by atoms with E-state index in [1.165, 1.54) is 11.3 Å². The first-order chi connectivity index (χ1) is 12.7. The van der Waals surface area contributed by atoms with Crippen molar-refractivity contribution >= 4 is 35.6 Å². The van der Waals surface area contributed by atoms with E-state index in [9.17, 15) is 9.59 Å². The smallest absolute Gasteiger partial charge is 0.261 e. The third-order valence-electron chi connectivity index (χ3n) is 6.29. The minimum Gasteiger partial charge on any atom is -0.378 e. The lowest BCUT2D eigenvalue weighted by Gasteiger charge is -2.59. The van der Waals surface area contributed by atoms with E-state index in [1.807, 2.05) is 44.7 Å². The fourth-order valence-electron chi connectivity index (χ4n) is 4.12. The topological polar surface area (TPSA) is 84.7 Å². The van der Waals surface area contributed by atoms with Crippen molar-refractivity contribution in [2.24, 2.45) is 11.1 Å². The summed E-state index contributed by atoms with van der Waals surface area (Å²) < 4.78 is 5.73. The molecule has 2 unspecified atom stereocenters. The fraction of sp³-hybridized carbons (Fsp3) is 0.700. The van der Waals surface area contributed by atoms with Crippen LogP contribution in [0.3, 0.4) is 0 Å². The Bertz CT molecular complexity index is 715. The zero-order valence-corrected chi connectivity index (χ0v) is 18.8. The Labute approximate surface area is 177 Å². The number of ether oxygens (including phenoxy) is 1. The van der Waals surface area contributed by atoms with Crippen LogP contribution in [-0.2, 0) is 9.53 Å². The summed E-state index contributed by atoms with van der Waals surface area (Å²) in [6, 6.07) is 3.92. The monoisotopic (exact) mass is 429 g/mol. The van der Waals surface area contributed by atoms with E-state index < -0.39 is 5.54 Å². The molecule has 0 aromatic carbocycles. The van der Waals surface area contributed by atoms with Crippen LogP contribution in [-0.4, -0.2) is 54.1 Å². The molecule has 8 heteroatoms. The Morgan fingerprint density at radius 1 is 1.32 bits per heavy atom. The Kier molecular flexibility index (Phi) is 7.18. The zero-order chi connectivity index (χ0) is 19.8. The maximum Gasteiger partial charge on any atom is 0.261 e. The van der Waals surface area contributed by atoms with Crippen molar-refractivity contribution in [2.75, 3.05) is 19.7 Å². The number of likely N-dealkylation sites (tertiary alicyclic amines) is 1. The molecular weight excluding hydrogens is 398 g/mol. The number of piperidine rings is 1. The molecule has 2 atom stereocenters. The molecule has 1 saturated heterocycles. The van der Waals surface area contributed by atoms with E-state index in [-0.39, 0.29) is 41.8 Å². The Hall–Kier alpha value is -1.15. The molecule has 1 aliphatic carbocycles. The number of hydrogen-bond donors (Lipinski definition) is 2. The molecule has 28 heavy (non-hydrogen) atoms. The quantitative estimate of drug-likeness (QED) is 0.753. The van der Waals surface area contributed by atoms with E-state index in [0.29, 0.717) is 26.1 Å². The molecule has 158 valence electrons. The molecule has 2 fully saturated rings. The largest absolute Gasteiger partial charge is 0.378 e. The van der Waals surface area contributed by atoms with Gasteiger partial charge < -0.3 is 20.7 Å². The highest BCUT2D eigenvalue weighted by atomic mass is 35.5. The second-order valence-electron chi connectivity index (χ2n) is 8.29. The van der Waals surface area contributed by atoms with E-state index >= 15 is 0 Å². The summed E-state index contributed by atoms with van der Waals surface area (Å²) >= 11 is 1.50. The summed E-state index contributed by atoms with van der Waals surface area (Å²) in [5, 5.41) is 3.10. The van der Waals surface area contributed by atoms with Crippen molar-refractivity contribution in [1.29, 1.82) is 0 Å². The maximum atomic E-state index is 13.1. The second-order valence-corrected chi connectivity index (χ2v) is 9.58. The Morgan fingerprint density at radius 2 is 1.96 bits per heavy atom. The van der Waals surface area contributed by atoms with Crippen LogP contribution in [0, 0.1) is 12.3 Å². The normalized spacial score (nSPS) is 26.9. The van der Waals surface area contributed by atoms with Gasteiger partial charge in [-0.15, -0.1) is 23.7 Å². The number of halogens is 1. The lowest BCUT2D eigenvalue weighted by Crippen LogP contribution is -2.76. The van der Waals surface area contributed by atoms with Gasteiger partial charge in [-0.2, -0.15) is 0 Å². The number of rotatable bonds is 5. The van der Waals surface area contributed by atoms with Gasteiger partial charge in [-0.05, 0) is 38.8 Å². The van der Waals surface area contributed by atoms with Crippen molar-refractivity contribution in [1.82, 2.24) is 10.2 Å². The number of nitrogens with one attached hydrogen (secondary N) is 1. The van der Waals surface area contributed by atoms with Crippen LogP contribution in [0.2, 0.25) is 0 Å². The molecule has 0 bridgehead atoms. The van der Waals surface area contributed by atoms with Crippen molar-refractivity contribution in [3.63, 3.8) is 0 Å². The lowest BCUT2D eigenvalue weighted by molar-refractivity contribution is -0.180. The summed E-state index contributed by atoms with van der Waals surface area (Å²) in [4.78, 5) is 29.1. The molecule has 0 radical (unpaired) electrons. The van der Waals surface area contributed by atoms with Gasteiger partial charge in [0.2, 0.25) is 5.91 Å². The molecule has 3 rings (SSSR count). The third-order valence-corrected chi connectivity index (χ3v) is 7.29. The Balaban J connectivity index is 0.00000280. The SMILES string of the molecule is CCOC1CC(N)(C(=O)N2CCC(NC(=O)c3ccc(C)s3)CC2)C1(C)C.Cl. The van der Waals surface area contributed by atoms with Crippen LogP contribution in [0.4, 0.5) is 0 Å². The molecule has 0 spiro atoms. The van der Waals surface area contributed by atoms with Gasteiger partial charge in [-0.25, -0.2) is 0 Å². The molecule has 2 heterocycles. The Morgan fingerprint density at radius 3 is 2.46 bits per heavy atom. The van der Waals surface area contributed by atoms with Crippen molar-refractivity contribution in [3.8, 4) is 0 Å². The summed E-state index contributed by atoms with van der Waals surface area (Å²) in [5.41, 5.74) is 5.29. The predicted molar refractivity (Wildman–Crippen MR) is 114 cm³/mol. The van der Waals surface area contributed by atoms with Crippen LogP contribution in [0.5, 0.6) is 0 Å².